The topological polar surface area (TPSA) is 87.7 Å². The number of carbonyl (C=O) groups excluding carboxylic acids is 3. The first-order valence-corrected chi connectivity index (χ1v) is 14.5. The number of amides is 3. The van der Waals surface area contributed by atoms with E-state index in [1.807, 2.05) is 60.9 Å². The lowest BCUT2D eigenvalue weighted by Crippen LogP contribution is -2.57. The Morgan fingerprint density at radius 3 is 2.76 bits per heavy atom. The van der Waals surface area contributed by atoms with Gasteiger partial charge in [-0.15, -0.1) is 11.3 Å². The molecule has 2 aromatic rings. The number of ether oxygens (including phenoxy) is 1. The highest BCUT2D eigenvalue weighted by atomic mass is 32.1. The van der Waals surface area contributed by atoms with Gasteiger partial charge in [-0.1, -0.05) is 57.0 Å². The van der Waals surface area contributed by atoms with Gasteiger partial charge in [-0.2, -0.15) is 0 Å². The summed E-state index contributed by atoms with van der Waals surface area (Å²) in [5, 5.41) is 8.27. The summed E-state index contributed by atoms with van der Waals surface area (Å²) >= 11 is 1.55. The SMILES string of the molecule is Cc1cccc(NC(=O)[C@H]2[C@H]3C=C[C@@]4(O3)[C@H]2C(=O)N(Cc2cccs2)[C@@H]4C(=O)N[C@@H]2CCC[C@H](C)[C@H]2C)c1. The first kappa shape index (κ1) is 25.3. The quantitative estimate of drug-likeness (QED) is 0.543. The molecule has 3 amide bonds. The van der Waals surface area contributed by atoms with Crippen molar-refractivity contribution < 1.29 is 19.1 Å². The standard InChI is InChI=1S/C30H35N3O4S/c1-17-7-4-9-20(15-17)31-27(34)24-23-12-13-30(37-23)25(24)29(36)33(16-21-10-6-14-38-21)26(30)28(35)32-22-11-5-8-18(2)19(22)3/h4,6-7,9-10,12-15,18-19,22-26H,5,8,11,16H2,1-3H3,(H,31,34)(H,32,35)/t18-,19+,22+,23+,24-,25+,26+,30+/m0/s1. The summed E-state index contributed by atoms with van der Waals surface area (Å²) in [4.78, 5) is 44.4. The Kier molecular flexibility index (Phi) is 6.43. The van der Waals surface area contributed by atoms with Gasteiger partial charge in [0.05, 0.1) is 24.5 Å². The molecule has 6 rings (SSSR count). The highest BCUT2D eigenvalue weighted by Crippen LogP contribution is 2.55. The van der Waals surface area contributed by atoms with Gasteiger partial charge in [0, 0.05) is 16.6 Å². The van der Waals surface area contributed by atoms with E-state index in [0.717, 1.165) is 29.7 Å². The lowest BCUT2D eigenvalue weighted by atomic mass is 9.73. The van der Waals surface area contributed by atoms with Crippen LogP contribution >= 0.6 is 11.3 Å². The first-order chi connectivity index (χ1) is 18.3. The molecule has 2 bridgehead atoms. The molecule has 38 heavy (non-hydrogen) atoms. The molecule has 2 saturated heterocycles. The lowest BCUT2D eigenvalue weighted by molar-refractivity contribution is -0.142. The van der Waals surface area contributed by atoms with Gasteiger partial charge >= 0.3 is 0 Å². The van der Waals surface area contributed by atoms with Crippen molar-refractivity contribution in [1.82, 2.24) is 10.2 Å². The van der Waals surface area contributed by atoms with E-state index in [9.17, 15) is 14.4 Å². The van der Waals surface area contributed by atoms with Crippen molar-refractivity contribution in [3.8, 4) is 0 Å². The Morgan fingerprint density at radius 2 is 2.00 bits per heavy atom. The number of benzene rings is 1. The third kappa shape index (κ3) is 4.09. The molecule has 8 heteroatoms. The van der Waals surface area contributed by atoms with E-state index in [2.05, 4.69) is 24.5 Å². The van der Waals surface area contributed by atoms with Crippen molar-refractivity contribution >= 4 is 34.7 Å². The largest absolute Gasteiger partial charge is 0.359 e. The van der Waals surface area contributed by atoms with Crippen LogP contribution in [-0.2, 0) is 25.7 Å². The lowest BCUT2D eigenvalue weighted by Gasteiger charge is -2.38. The molecule has 2 N–H and O–H groups in total. The van der Waals surface area contributed by atoms with E-state index < -0.39 is 29.6 Å². The summed E-state index contributed by atoms with van der Waals surface area (Å²) < 4.78 is 6.48. The highest BCUT2D eigenvalue weighted by molar-refractivity contribution is 7.09. The van der Waals surface area contributed by atoms with E-state index >= 15 is 0 Å². The molecule has 8 atom stereocenters. The molecule has 0 radical (unpaired) electrons. The van der Waals surface area contributed by atoms with E-state index in [4.69, 9.17) is 4.74 Å². The zero-order chi connectivity index (χ0) is 26.6. The number of likely N-dealkylation sites (tertiary alicyclic amines) is 1. The van der Waals surface area contributed by atoms with E-state index in [0.29, 0.717) is 24.1 Å². The van der Waals surface area contributed by atoms with E-state index in [-0.39, 0.29) is 23.8 Å². The fourth-order valence-electron chi connectivity index (χ4n) is 7.00. The first-order valence-electron chi connectivity index (χ1n) is 13.7. The van der Waals surface area contributed by atoms with Crippen molar-refractivity contribution in [1.29, 1.82) is 0 Å². The molecule has 1 aromatic carbocycles. The maximum Gasteiger partial charge on any atom is 0.246 e. The van der Waals surface area contributed by atoms with Crippen LogP contribution in [0.2, 0.25) is 0 Å². The fourth-order valence-corrected chi connectivity index (χ4v) is 7.71. The normalized spacial score (nSPS) is 35.4. The van der Waals surface area contributed by atoms with Gasteiger partial charge in [0.2, 0.25) is 17.7 Å². The summed E-state index contributed by atoms with van der Waals surface area (Å²) in [6.07, 6.45) is 6.37. The number of hydrogen-bond acceptors (Lipinski definition) is 5. The molecule has 7 nitrogen and oxygen atoms in total. The van der Waals surface area contributed by atoms with Gasteiger partial charge in [-0.25, -0.2) is 0 Å². The number of anilines is 1. The second-order valence-electron chi connectivity index (χ2n) is 11.5. The molecule has 1 aliphatic carbocycles. The molecule has 3 aliphatic heterocycles. The number of thiophene rings is 1. The Hall–Kier alpha value is -2.97. The van der Waals surface area contributed by atoms with Crippen LogP contribution in [0.25, 0.3) is 0 Å². The Labute approximate surface area is 227 Å². The second-order valence-corrected chi connectivity index (χ2v) is 12.5. The van der Waals surface area contributed by atoms with Gasteiger partial charge in [-0.05, 0) is 54.3 Å². The second kappa shape index (κ2) is 9.65. The molecule has 3 fully saturated rings. The van der Waals surface area contributed by atoms with E-state index in [1.165, 1.54) is 0 Å². The summed E-state index contributed by atoms with van der Waals surface area (Å²) in [5.74, 6) is -1.20. The van der Waals surface area contributed by atoms with Gasteiger partial charge < -0.3 is 20.3 Å². The number of nitrogens with one attached hydrogen (secondary N) is 2. The molecule has 0 unspecified atom stereocenters. The van der Waals surface area contributed by atoms with Crippen molar-refractivity contribution in [2.45, 2.75) is 70.4 Å². The summed E-state index contributed by atoms with van der Waals surface area (Å²) in [5.41, 5.74) is 0.568. The van der Waals surface area contributed by atoms with Crippen LogP contribution in [-0.4, -0.2) is 46.4 Å². The fraction of sp³-hybridized carbons (Fsp3) is 0.500. The van der Waals surface area contributed by atoms with E-state index in [1.54, 1.807) is 16.2 Å². The van der Waals surface area contributed by atoms with Crippen molar-refractivity contribution in [3.05, 3.63) is 64.4 Å². The number of carbonyl (C=O) groups is 3. The Bertz CT molecular complexity index is 1280. The number of fused-ring (bicyclic) bond motifs is 1. The molecule has 200 valence electrons. The van der Waals surface area contributed by atoms with Crippen molar-refractivity contribution in [2.24, 2.45) is 23.7 Å². The van der Waals surface area contributed by atoms with Gasteiger partial charge in [-0.3, -0.25) is 14.4 Å². The number of aryl methyl sites for hydroxylation is 1. The van der Waals surface area contributed by atoms with Crippen LogP contribution in [0.3, 0.4) is 0 Å². The predicted molar refractivity (Wildman–Crippen MR) is 146 cm³/mol. The monoisotopic (exact) mass is 533 g/mol. The zero-order valence-corrected chi connectivity index (χ0v) is 22.9. The summed E-state index contributed by atoms with van der Waals surface area (Å²) in [6, 6.07) is 10.7. The van der Waals surface area contributed by atoms with Crippen LogP contribution in [0.4, 0.5) is 5.69 Å². The van der Waals surface area contributed by atoms with Crippen molar-refractivity contribution in [2.75, 3.05) is 5.32 Å². The molecule has 1 aromatic heterocycles. The summed E-state index contributed by atoms with van der Waals surface area (Å²) in [6.45, 7) is 6.72. The van der Waals surface area contributed by atoms with Crippen molar-refractivity contribution in [3.63, 3.8) is 0 Å². The minimum Gasteiger partial charge on any atom is -0.359 e. The molecule has 1 saturated carbocycles. The van der Waals surface area contributed by atoms with Crippen LogP contribution in [0.1, 0.15) is 43.6 Å². The zero-order valence-electron chi connectivity index (χ0n) is 22.1. The Morgan fingerprint density at radius 1 is 1.16 bits per heavy atom. The summed E-state index contributed by atoms with van der Waals surface area (Å²) in [7, 11) is 0. The van der Waals surface area contributed by atoms with Gasteiger partial charge in [0.1, 0.15) is 11.6 Å². The predicted octanol–water partition coefficient (Wildman–Crippen LogP) is 4.29. The average molecular weight is 534 g/mol. The molecule has 1 spiro atoms. The maximum absolute atomic E-state index is 14.1. The van der Waals surface area contributed by atoms with Crippen LogP contribution < -0.4 is 10.6 Å². The Balaban J connectivity index is 1.32. The highest BCUT2D eigenvalue weighted by Gasteiger charge is 2.72. The smallest absolute Gasteiger partial charge is 0.246 e. The molecule has 4 heterocycles. The number of nitrogens with zero attached hydrogens (tertiary/aromatic N) is 1. The minimum atomic E-state index is -1.15. The van der Waals surface area contributed by atoms with Crippen LogP contribution in [0.5, 0.6) is 0 Å². The minimum absolute atomic E-state index is 0.0587. The third-order valence-electron chi connectivity index (χ3n) is 9.15. The number of rotatable bonds is 6. The van der Waals surface area contributed by atoms with Gasteiger partial charge in [0.15, 0.2) is 0 Å². The number of hydrogen-bond donors (Lipinski definition) is 2. The van der Waals surface area contributed by atoms with Gasteiger partial charge in [0.25, 0.3) is 0 Å². The molecular weight excluding hydrogens is 498 g/mol. The van der Waals surface area contributed by atoms with Crippen LogP contribution in [0.15, 0.2) is 53.9 Å². The molecule has 4 aliphatic rings. The average Bonchev–Trinajstić information content (AvgIpc) is 3.65. The molecular formula is C30H35N3O4S. The maximum atomic E-state index is 14.1. The van der Waals surface area contributed by atoms with Crippen LogP contribution in [0, 0.1) is 30.6 Å². The third-order valence-corrected chi connectivity index (χ3v) is 10.0.